The van der Waals surface area contributed by atoms with E-state index in [9.17, 15) is 12.8 Å². The van der Waals surface area contributed by atoms with Crippen LogP contribution in [-0.4, -0.2) is 46.9 Å². The van der Waals surface area contributed by atoms with E-state index in [-0.39, 0.29) is 45.0 Å². The molecule has 0 bridgehead atoms. The standard InChI is InChI=1S/C24H28Cl2FN3O5SSi/c1-16-9-10-17(13-19(16)27)35-21-14-28-23(24(29-21)33-2)30(15-34-11-12-37(3,4)5)36(31,32)20-8-6-7-18(25)22(20)26/h6-10,13-14H,11-12,15H2,1-5H3. The van der Waals surface area contributed by atoms with Gasteiger partial charge in [-0.05, 0) is 36.7 Å². The van der Waals surface area contributed by atoms with Crippen molar-refractivity contribution in [2.45, 2.75) is 37.5 Å². The van der Waals surface area contributed by atoms with Crippen LogP contribution in [-0.2, 0) is 14.8 Å². The van der Waals surface area contributed by atoms with Crippen molar-refractivity contribution >= 4 is 47.1 Å². The summed E-state index contributed by atoms with van der Waals surface area (Å²) >= 11 is 12.3. The van der Waals surface area contributed by atoms with Crippen molar-refractivity contribution in [1.29, 1.82) is 0 Å². The van der Waals surface area contributed by atoms with E-state index in [0.29, 0.717) is 12.2 Å². The molecule has 3 aromatic rings. The smallest absolute Gasteiger partial charge is 0.269 e. The molecule has 2 aromatic carbocycles. The summed E-state index contributed by atoms with van der Waals surface area (Å²) in [6.07, 6.45) is 1.21. The molecule has 0 unspecified atom stereocenters. The SMILES string of the molecule is COc1nc(Oc2ccc(C)c(F)c2)cnc1N(COCC[Si](C)(C)C)S(=O)(=O)c1cccc(Cl)c1Cl. The van der Waals surface area contributed by atoms with Crippen molar-refractivity contribution in [3.63, 3.8) is 0 Å². The monoisotopic (exact) mass is 587 g/mol. The van der Waals surface area contributed by atoms with Crippen LogP contribution >= 0.6 is 23.2 Å². The van der Waals surface area contributed by atoms with Crippen molar-refractivity contribution in [2.75, 3.05) is 24.8 Å². The van der Waals surface area contributed by atoms with E-state index >= 15 is 0 Å². The molecule has 0 amide bonds. The molecule has 8 nitrogen and oxygen atoms in total. The highest BCUT2D eigenvalue weighted by atomic mass is 35.5. The predicted molar refractivity (Wildman–Crippen MR) is 145 cm³/mol. The second-order valence-electron chi connectivity index (χ2n) is 9.31. The van der Waals surface area contributed by atoms with E-state index in [4.69, 9.17) is 37.4 Å². The van der Waals surface area contributed by atoms with Gasteiger partial charge in [0.15, 0.2) is 0 Å². The van der Waals surface area contributed by atoms with Crippen LogP contribution in [0, 0.1) is 12.7 Å². The van der Waals surface area contributed by atoms with E-state index in [1.165, 1.54) is 37.6 Å². The van der Waals surface area contributed by atoms with Crippen molar-refractivity contribution in [3.8, 4) is 17.5 Å². The topological polar surface area (TPSA) is 90.8 Å². The summed E-state index contributed by atoms with van der Waals surface area (Å²) in [5.41, 5.74) is 0.459. The summed E-state index contributed by atoms with van der Waals surface area (Å²) in [7, 11) is -4.43. The molecule has 37 heavy (non-hydrogen) atoms. The van der Waals surface area contributed by atoms with Crippen LogP contribution in [0.15, 0.2) is 47.5 Å². The number of hydrogen-bond donors (Lipinski definition) is 0. The molecule has 3 rings (SSSR count). The first-order valence-electron chi connectivity index (χ1n) is 11.2. The molecule has 0 aliphatic heterocycles. The van der Waals surface area contributed by atoms with Crippen molar-refractivity contribution in [3.05, 3.63) is 64.0 Å². The molecular weight excluding hydrogens is 560 g/mol. The van der Waals surface area contributed by atoms with Gasteiger partial charge < -0.3 is 14.2 Å². The minimum absolute atomic E-state index is 0.0263. The van der Waals surface area contributed by atoms with Crippen LogP contribution in [0.1, 0.15) is 5.56 Å². The van der Waals surface area contributed by atoms with Crippen LogP contribution in [0.5, 0.6) is 17.5 Å². The van der Waals surface area contributed by atoms with E-state index in [1.807, 2.05) is 0 Å². The normalized spacial score (nSPS) is 11.9. The number of hydrogen-bond acceptors (Lipinski definition) is 7. The Bertz CT molecular complexity index is 1370. The maximum Gasteiger partial charge on any atom is 0.269 e. The van der Waals surface area contributed by atoms with Gasteiger partial charge in [-0.25, -0.2) is 22.1 Å². The third-order valence-corrected chi connectivity index (χ3v) is 9.57. The number of aryl methyl sites for hydroxylation is 1. The Morgan fingerprint density at radius 2 is 1.86 bits per heavy atom. The van der Waals surface area contributed by atoms with Crippen molar-refractivity contribution < 1.29 is 27.0 Å². The third-order valence-electron chi connectivity index (χ3n) is 5.18. The average Bonchev–Trinajstić information content (AvgIpc) is 2.82. The number of halogens is 3. The Morgan fingerprint density at radius 1 is 1.14 bits per heavy atom. The number of anilines is 1. The van der Waals surface area contributed by atoms with Gasteiger partial charge in [-0.15, -0.1) is 0 Å². The van der Waals surface area contributed by atoms with Gasteiger partial charge in [0.1, 0.15) is 23.2 Å². The molecule has 1 aromatic heterocycles. The van der Waals surface area contributed by atoms with Gasteiger partial charge in [0.2, 0.25) is 11.7 Å². The fraction of sp³-hybridized carbons (Fsp3) is 0.333. The summed E-state index contributed by atoms with van der Waals surface area (Å²) in [6, 6.07) is 9.46. The van der Waals surface area contributed by atoms with E-state index in [1.54, 1.807) is 19.1 Å². The number of sulfonamides is 1. The molecule has 200 valence electrons. The lowest BCUT2D eigenvalue weighted by Gasteiger charge is -2.25. The Labute approximate surface area is 227 Å². The van der Waals surface area contributed by atoms with Gasteiger partial charge in [0.25, 0.3) is 15.9 Å². The second kappa shape index (κ2) is 12.0. The summed E-state index contributed by atoms with van der Waals surface area (Å²) in [5.74, 6) is -0.575. The maximum absolute atomic E-state index is 13.9. The first-order valence-corrected chi connectivity index (χ1v) is 17.1. The molecule has 0 saturated carbocycles. The highest BCUT2D eigenvalue weighted by Crippen LogP contribution is 2.36. The first-order chi connectivity index (χ1) is 17.3. The molecule has 13 heteroatoms. The Hall–Kier alpha value is -2.44. The zero-order valence-corrected chi connectivity index (χ0v) is 24.4. The summed E-state index contributed by atoms with van der Waals surface area (Å²) in [6.45, 7) is 8.16. The quantitative estimate of drug-likeness (QED) is 0.143. The van der Waals surface area contributed by atoms with E-state index in [0.717, 1.165) is 10.3 Å². The molecule has 0 fully saturated rings. The molecular formula is C24H28Cl2FN3O5SSi. The Morgan fingerprint density at radius 3 is 2.51 bits per heavy atom. The molecule has 0 radical (unpaired) electrons. The summed E-state index contributed by atoms with van der Waals surface area (Å²) in [5, 5.41) is -0.0565. The van der Waals surface area contributed by atoms with Crippen molar-refractivity contribution in [2.24, 2.45) is 0 Å². The van der Waals surface area contributed by atoms with Crippen LogP contribution in [0.25, 0.3) is 0 Å². The second-order valence-corrected chi connectivity index (χ2v) is 17.5. The zero-order valence-electron chi connectivity index (χ0n) is 21.1. The minimum atomic E-state index is -4.31. The van der Waals surface area contributed by atoms with Gasteiger partial charge in [-0.3, -0.25) is 0 Å². The molecule has 0 aliphatic carbocycles. The fourth-order valence-electron chi connectivity index (χ4n) is 3.04. The van der Waals surface area contributed by atoms with E-state index in [2.05, 4.69) is 29.6 Å². The van der Waals surface area contributed by atoms with Gasteiger partial charge in [0.05, 0.1) is 23.4 Å². The molecule has 0 atom stereocenters. The van der Waals surface area contributed by atoms with Crippen LogP contribution in [0.2, 0.25) is 35.7 Å². The Balaban J connectivity index is 2.00. The molecule has 0 N–H and O–H groups in total. The summed E-state index contributed by atoms with van der Waals surface area (Å²) < 4.78 is 59.0. The zero-order chi connectivity index (χ0) is 27.4. The summed E-state index contributed by atoms with van der Waals surface area (Å²) in [4.78, 5) is 8.25. The Kier molecular flexibility index (Phi) is 9.40. The number of ether oxygens (including phenoxy) is 3. The largest absolute Gasteiger partial charge is 0.478 e. The number of aromatic nitrogens is 2. The van der Waals surface area contributed by atoms with Crippen molar-refractivity contribution in [1.82, 2.24) is 9.97 Å². The number of nitrogens with zero attached hydrogens (tertiary/aromatic N) is 3. The lowest BCUT2D eigenvalue weighted by atomic mass is 10.2. The molecule has 0 spiro atoms. The average molecular weight is 589 g/mol. The number of rotatable bonds is 11. The molecule has 1 heterocycles. The lowest BCUT2D eigenvalue weighted by Crippen LogP contribution is -2.35. The predicted octanol–water partition coefficient (Wildman–Crippen LogP) is 6.54. The van der Waals surface area contributed by atoms with Crippen LogP contribution < -0.4 is 13.8 Å². The highest BCUT2D eigenvalue weighted by molar-refractivity contribution is 7.93. The number of methoxy groups -OCH3 is 1. The molecule has 0 aliphatic rings. The minimum Gasteiger partial charge on any atom is -0.478 e. The van der Waals surface area contributed by atoms with Crippen LogP contribution in [0.4, 0.5) is 10.2 Å². The third kappa shape index (κ3) is 7.32. The first kappa shape index (κ1) is 29.1. The van der Waals surface area contributed by atoms with E-state index < -0.39 is 23.9 Å². The maximum atomic E-state index is 13.9. The lowest BCUT2D eigenvalue weighted by molar-refractivity contribution is 0.155. The van der Waals surface area contributed by atoms with Gasteiger partial charge in [-0.1, -0.05) is 55.0 Å². The van der Waals surface area contributed by atoms with Gasteiger partial charge in [0, 0.05) is 20.7 Å². The van der Waals surface area contributed by atoms with Crippen LogP contribution in [0.3, 0.4) is 0 Å². The fourth-order valence-corrected chi connectivity index (χ4v) is 5.83. The highest BCUT2D eigenvalue weighted by Gasteiger charge is 2.32. The molecule has 0 saturated heterocycles. The number of benzene rings is 2. The van der Waals surface area contributed by atoms with Gasteiger partial charge >= 0.3 is 0 Å². The van der Waals surface area contributed by atoms with Gasteiger partial charge in [-0.2, -0.15) is 4.98 Å².